The summed E-state index contributed by atoms with van der Waals surface area (Å²) in [4.78, 5) is 12.1. The molecule has 0 aliphatic rings. The number of nitriles is 1. The molecule has 0 atom stereocenters. The van der Waals surface area contributed by atoms with Crippen molar-refractivity contribution in [2.45, 2.75) is 6.42 Å². The Morgan fingerprint density at radius 1 is 1.20 bits per heavy atom. The van der Waals surface area contributed by atoms with E-state index in [0.29, 0.717) is 22.0 Å². The van der Waals surface area contributed by atoms with Gasteiger partial charge in [0.25, 0.3) is 0 Å². The lowest BCUT2D eigenvalue weighted by Crippen LogP contribution is -2.33. The van der Waals surface area contributed by atoms with Gasteiger partial charge in [-0.15, -0.1) is 0 Å². The van der Waals surface area contributed by atoms with Crippen LogP contribution in [0.2, 0.25) is 5.02 Å². The first-order valence-electron chi connectivity index (χ1n) is 7.33. The van der Waals surface area contributed by atoms with Gasteiger partial charge < -0.3 is 5.32 Å². The van der Waals surface area contributed by atoms with Crippen molar-refractivity contribution in [3.05, 3.63) is 59.1 Å². The molecule has 0 aliphatic heterocycles. The first-order chi connectivity index (χ1) is 11.8. The molecule has 25 heavy (non-hydrogen) atoms. The van der Waals surface area contributed by atoms with Gasteiger partial charge in [0.2, 0.25) is 15.9 Å². The zero-order valence-electron chi connectivity index (χ0n) is 13.4. The van der Waals surface area contributed by atoms with Gasteiger partial charge in [0.15, 0.2) is 0 Å². The van der Waals surface area contributed by atoms with Crippen molar-refractivity contribution in [1.29, 1.82) is 5.26 Å². The normalized spacial score (nSPS) is 10.8. The van der Waals surface area contributed by atoms with Crippen molar-refractivity contribution in [3.8, 4) is 6.07 Å². The summed E-state index contributed by atoms with van der Waals surface area (Å²) in [5, 5.41) is 11.9. The molecule has 0 saturated carbocycles. The van der Waals surface area contributed by atoms with E-state index in [1.807, 2.05) is 6.07 Å². The van der Waals surface area contributed by atoms with E-state index in [1.54, 1.807) is 24.3 Å². The molecule has 0 heterocycles. The van der Waals surface area contributed by atoms with Crippen LogP contribution in [-0.4, -0.2) is 27.1 Å². The molecule has 0 aromatic heterocycles. The fourth-order valence-corrected chi connectivity index (χ4v) is 3.28. The van der Waals surface area contributed by atoms with Crippen LogP contribution in [0.25, 0.3) is 0 Å². The topological polar surface area (TPSA) is 90.3 Å². The van der Waals surface area contributed by atoms with Crippen LogP contribution in [0.3, 0.4) is 0 Å². The monoisotopic (exact) mass is 377 g/mol. The molecule has 8 heteroatoms. The molecule has 2 aromatic carbocycles. The summed E-state index contributed by atoms with van der Waals surface area (Å²) in [5.74, 6) is -0.351. The highest BCUT2D eigenvalue weighted by atomic mass is 35.5. The molecular formula is C17H16ClN3O3S. The second-order valence-electron chi connectivity index (χ2n) is 5.27. The van der Waals surface area contributed by atoms with Gasteiger partial charge in [0.1, 0.15) is 0 Å². The lowest BCUT2D eigenvalue weighted by atomic mass is 10.2. The molecule has 1 amide bonds. The Hall–Kier alpha value is -2.56. The molecule has 0 fully saturated rings. The SMILES string of the molecule is CS(=O)(=O)N(CCC(=O)Nc1ccccc1Cl)c1ccc(C#N)cc1. The van der Waals surface area contributed by atoms with Gasteiger partial charge in [-0.3, -0.25) is 9.10 Å². The van der Waals surface area contributed by atoms with Crippen LogP contribution in [0.15, 0.2) is 48.5 Å². The van der Waals surface area contributed by atoms with Gasteiger partial charge in [-0.1, -0.05) is 23.7 Å². The molecule has 2 rings (SSSR count). The summed E-state index contributed by atoms with van der Waals surface area (Å²) >= 11 is 5.98. The predicted molar refractivity (Wildman–Crippen MR) is 98.0 cm³/mol. The van der Waals surface area contributed by atoms with Crippen molar-refractivity contribution in [3.63, 3.8) is 0 Å². The smallest absolute Gasteiger partial charge is 0.232 e. The summed E-state index contributed by atoms with van der Waals surface area (Å²) in [6.45, 7) is -0.0268. The fourth-order valence-electron chi connectivity index (χ4n) is 2.17. The second kappa shape index (κ2) is 8.01. The first kappa shape index (κ1) is 18.8. The third-order valence-corrected chi connectivity index (χ3v) is 4.90. The number of carbonyl (C=O) groups is 1. The average Bonchev–Trinajstić information content (AvgIpc) is 2.56. The lowest BCUT2D eigenvalue weighted by Gasteiger charge is -2.22. The second-order valence-corrected chi connectivity index (χ2v) is 7.59. The van der Waals surface area contributed by atoms with E-state index in [1.165, 1.54) is 24.3 Å². The van der Waals surface area contributed by atoms with E-state index in [-0.39, 0.29) is 18.9 Å². The highest BCUT2D eigenvalue weighted by molar-refractivity contribution is 7.92. The van der Waals surface area contributed by atoms with Crippen LogP contribution in [0.4, 0.5) is 11.4 Å². The Morgan fingerprint density at radius 3 is 2.40 bits per heavy atom. The third kappa shape index (κ3) is 5.21. The number of nitrogens with zero attached hydrogens (tertiary/aromatic N) is 2. The summed E-state index contributed by atoms with van der Waals surface area (Å²) < 4.78 is 25.2. The maximum atomic E-state index is 12.1. The van der Waals surface area contributed by atoms with Crippen LogP contribution in [-0.2, 0) is 14.8 Å². The molecule has 0 radical (unpaired) electrons. The number of halogens is 1. The van der Waals surface area contributed by atoms with Gasteiger partial charge in [-0.25, -0.2) is 8.42 Å². The molecule has 1 N–H and O–H groups in total. The summed E-state index contributed by atoms with van der Waals surface area (Å²) in [5.41, 5.74) is 1.29. The quantitative estimate of drug-likeness (QED) is 0.837. The maximum absolute atomic E-state index is 12.1. The molecular weight excluding hydrogens is 362 g/mol. The standard InChI is InChI=1S/C17H16ClN3O3S/c1-25(23,24)21(14-8-6-13(12-19)7-9-14)11-10-17(22)20-16-5-3-2-4-15(16)18/h2-9H,10-11H2,1H3,(H,20,22). The number of para-hydroxylation sites is 1. The van der Waals surface area contributed by atoms with Crippen molar-refractivity contribution in [2.24, 2.45) is 0 Å². The van der Waals surface area contributed by atoms with Crippen LogP contribution in [0.5, 0.6) is 0 Å². The Balaban J connectivity index is 2.09. The van der Waals surface area contributed by atoms with Gasteiger partial charge in [-0.2, -0.15) is 5.26 Å². The van der Waals surface area contributed by atoms with E-state index >= 15 is 0 Å². The molecule has 130 valence electrons. The molecule has 0 unspecified atom stereocenters. The van der Waals surface area contributed by atoms with Gasteiger partial charge in [0.05, 0.1) is 34.3 Å². The number of hydrogen-bond acceptors (Lipinski definition) is 4. The Labute approximate surface area is 151 Å². The fraction of sp³-hybridized carbons (Fsp3) is 0.176. The molecule has 0 aliphatic carbocycles. The molecule has 6 nitrogen and oxygen atoms in total. The number of carbonyl (C=O) groups excluding carboxylic acids is 1. The third-order valence-electron chi connectivity index (χ3n) is 3.37. The average molecular weight is 378 g/mol. The maximum Gasteiger partial charge on any atom is 0.232 e. The van der Waals surface area contributed by atoms with Gasteiger partial charge >= 0.3 is 0 Å². The number of nitrogens with one attached hydrogen (secondary N) is 1. The highest BCUT2D eigenvalue weighted by Gasteiger charge is 2.19. The van der Waals surface area contributed by atoms with Crippen LogP contribution < -0.4 is 9.62 Å². The van der Waals surface area contributed by atoms with Crippen LogP contribution in [0, 0.1) is 11.3 Å². The Kier molecular flexibility index (Phi) is 6.02. The number of hydrogen-bond donors (Lipinski definition) is 1. The first-order valence-corrected chi connectivity index (χ1v) is 9.56. The van der Waals surface area contributed by atoms with Crippen LogP contribution >= 0.6 is 11.6 Å². The number of amides is 1. The van der Waals surface area contributed by atoms with Crippen molar-refractivity contribution in [1.82, 2.24) is 0 Å². The summed E-state index contributed by atoms with van der Waals surface area (Å²) in [7, 11) is -3.57. The summed E-state index contributed by atoms with van der Waals surface area (Å²) in [6, 6.07) is 14.9. The Morgan fingerprint density at radius 2 is 1.84 bits per heavy atom. The largest absolute Gasteiger partial charge is 0.325 e. The van der Waals surface area contributed by atoms with Crippen molar-refractivity contribution in [2.75, 3.05) is 22.4 Å². The van der Waals surface area contributed by atoms with Gasteiger partial charge in [0, 0.05) is 13.0 Å². The lowest BCUT2D eigenvalue weighted by molar-refractivity contribution is -0.116. The van der Waals surface area contributed by atoms with E-state index < -0.39 is 10.0 Å². The van der Waals surface area contributed by atoms with E-state index in [0.717, 1.165) is 10.6 Å². The van der Waals surface area contributed by atoms with E-state index in [2.05, 4.69) is 5.32 Å². The highest BCUT2D eigenvalue weighted by Crippen LogP contribution is 2.21. The van der Waals surface area contributed by atoms with Crippen LogP contribution in [0.1, 0.15) is 12.0 Å². The minimum Gasteiger partial charge on any atom is -0.325 e. The number of anilines is 2. The zero-order chi connectivity index (χ0) is 18.4. The van der Waals surface area contributed by atoms with E-state index in [9.17, 15) is 13.2 Å². The molecule has 2 aromatic rings. The van der Waals surface area contributed by atoms with Gasteiger partial charge in [-0.05, 0) is 36.4 Å². The predicted octanol–water partition coefficient (Wildman–Crippen LogP) is 3.01. The number of benzene rings is 2. The van der Waals surface area contributed by atoms with Crippen molar-refractivity contribution >= 4 is 38.9 Å². The minimum atomic E-state index is -3.57. The molecule has 0 spiro atoms. The number of sulfonamides is 1. The van der Waals surface area contributed by atoms with Crippen molar-refractivity contribution < 1.29 is 13.2 Å². The molecule has 0 bridgehead atoms. The minimum absolute atomic E-state index is 0.0268. The number of rotatable bonds is 6. The molecule has 0 saturated heterocycles. The Bertz CT molecular complexity index is 905. The van der Waals surface area contributed by atoms with E-state index in [4.69, 9.17) is 16.9 Å². The summed E-state index contributed by atoms with van der Waals surface area (Å²) in [6.07, 6.45) is 1.02. The zero-order valence-corrected chi connectivity index (χ0v) is 15.0.